The summed E-state index contributed by atoms with van der Waals surface area (Å²) in [4.78, 5) is 21.3. The van der Waals surface area contributed by atoms with Crippen LogP contribution in [-0.4, -0.2) is 87.7 Å². The summed E-state index contributed by atoms with van der Waals surface area (Å²) < 4.78 is 5.85. The predicted molar refractivity (Wildman–Crippen MR) is 127 cm³/mol. The van der Waals surface area contributed by atoms with Crippen molar-refractivity contribution in [1.29, 1.82) is 0 Å². The van der Waals surface area contributed by atoms with Crippen molar-refractivity contribution >= 4 is 11.9 Å². The largest absolute Gasteiger partial charge is 0.377 e. The molecule has 0 radical (unpaired) electrons. The highest BCUT2D eigenvalue weighted by Gasteiger charge is 2.29. The van der Waals surface area contributed by atoms with E-state index in [0.29, 0.717) is 25.5 Å². The van der Waals surface area contributed by atoms with Crippen molar-refractivity contribution in [3.05, 3.63) is 35.9 Å². The lowest BCUT2D eigenvalue weighted by Gasteiger charge is -2.20. The highest BCUT2D eigenvalue weighted by Crippen LogP contribution is 2.17. The molecule has 31 heavy (non-hydrogen) atoms. The van der Waals surface area contributed by atoms with Gasteiger partial charge in [0, 0.05) is 51.7 Å². The quantitative estimate of drug-likeness (QED) is 0.369. The van der Waals surface area contributed by atoms with Crippen molar-refractivity contribution in [2.45, 2.75) is 39.2 Å². The van der Waals surface area contributed by atoms with Crippen LogP contribution in [0.1, 0.15) is 32.3 Å². The van der Waals surface area contributed by atoms with E-state index in [9.17, 15) is 4.79 Å². The minimum atomic E-state index is 0.115. The molecule has 7 nitrogen and oxygen atoms in total. The fourth-order valence-corrected chi connectivity index (χ4v) is 3.76. The lowest BCUT2D eigenvalue weighted by Crippen LogP contribution is -2.41. The summed E-state index contributed by atoms with van der Waals surface area (Å²) in [5.41, 5.74) is 1.27. The second-order valence-corrected chi connectivity index (χ2v) is 8.42. The van der Waals surface area contributed by atoms with Crippen molar-refractivity contribution in [2.75, 3.05) is 60.0 Å². The summed E-state index contributed by atoms with van der Waals surface area (Å²) in [6.45, 7) is 9.53. The van der Waals surface area contributed by atoms with E-state index in [4.69, 9.17) is 9.73 Å². The highest BCUT2D eigenvalue weighted by atomic mass is 16.5. The molecule has 1 aliphatic heterocycles. The van der Waals surface area contributed by atoms with Crippen molar-refractivity contribution < 1.29 is 9.53 Å². The number of guanidine groups is 1. The Morgan fingerprint density at radius 2 is 2.03 bits per heavy atom. The first-order valence-electron chi connectivity index (χ1n) is 11.6. The van der Waals surface area contributed by atoms with E-state index in [-0.39, 0.29) is 12.0 Å². The van der Waals surface area contributed by atoms with Gasteiger partial charge in [0.15, 0.2) is 5.96 Å². The van der Waals surface area contributed by atoms with Gasteiger partial charge in [0.05, 0.1) is 12.6 Å². The van der Waals surface area contributed by atoms with Gasteiger partial charge in [-0.05, 0) is 46.3 Å². The maximum Gasteiger partial charge on any atom is 0.223 e. The number of carbonyl (C=O) groups excluding carboxylic acids is 1. The Hall–Kier alpha value is -2.12. The van der Waals surface area contributed by atoms with Crippen LogP contribution in [0.15, 0.2) is 35.3 Å². The van der Waals surface area contributed by atoms with Gasteiger partial charge in [-0.15, -0.1) is 0 Å². The third-order valence-corrected chi connectivity index (χ3v) is 5.46. The van der Waals surface area contributed by atoms with E-state index in [0.717, 1.165) is 51.5 Å². The first-order chi connectivity index (χ1) is 15.0. The molecular weight excluding hydrogens is 390 g/mol. The van der Waals surface area contributed by atoms with Gasteiger partial charge < -0.3 is 25.2 Å². The molecule has 7 heteroatoms. The fraction of sp³-hybridized carbons (Fsp3) is 0.667. The smallest absolute Gasteiger partial charge is 0.223 e. The predicted octanol–water partition coefficient (Wildman–Crippen LogP) is 1.99. The Kier molecular flexibility index (Phi) is 11.4. The molecule has 2 rings (SSSR count). The summed E-state index contributed by atoms with van der Waals surface area (Å²) in [5, 5.41) is 6.75. The lowest BCUT2D eigenvalue weighted by molar-refractivity contribution is -0.127. The van der Waals surface area contributed by atoms with Gasteiger partial charge in [0.25, 0.3) is 0 Å². The van der Waals surface area contributed by atoms with E-state index in [2.05, 4.69) is 48.7 Å². The first-order valence-corrected chi connectivity index (χ1v) is 11.6. The summed E-state index contributed by atoms with van der Waals surface area (Å²) in [5.74, 6) is 1.36. The summed E-state index contributed by atoms with van der Waals surface area (Å²) >= 11 is 0. The highest BCUT2D eigenvalue weighted by molar-refractivity contribution is 5.81. The second kappa shape index (κ2) is 14.0. The normalized spacial score (nSPS) is 18.0. The number of hydrogen-bond acceptors (Lipinski definition) is 4. The summed E-state index contributed by atoms with van der Waals surface area (Å²) in [7, 11) is 4.15. The van der Waals surface area contributed by atoms with E-state index < -0.39 is 0 Å². The molecule has 0 aromatic heterocycles. The molecule has 1 aromatic carbocycles. The molecule has 1 aromatic rings. The van der Waals surface area contributed by atoms with Crippen LogP contribution >= 0.6 is 0 Å². The molecule has 1 fully saturated rings. The molecular formula is C24H41N5O2. The lowest BCUT2D eigenvalue weighted by atomic mass is 10.1. The molecule has 2 N–H and O–H groups in total. The van der Waals surface area contributed by atoms with E-state index >= 15 is 0 Å². The molecule has 1 amide bonds. The molecule has 0 saturated carbocycles. The van der Waals surface area contributed by atoms with Crippen LogP contribution in [0, 0.1) is 5.92 Å². The molecule has 174 valence electrons. The number of amides is 1. The minimum Gasteiger partial charge on any atom is -0.377 e. The van der Waals surface area contributed by atoms with Gasteiger partial charge in [-0.2, -0.15) is 0 Å². The number of rotatable bonds is 13. The number of ether oxygens (including phenoxy) is 1. The molecule has 0 bridgehead atoms. The van der Waals surface area contributed by atoms with Crippen LogP contribution in [0.25, 0.3) is 0 Å². The van der Waals surface area contributed by atoms with Crippen LogP contribution in [0.3, 0.4) is 0 Å². The van der Waals surface area contributed by atoms with Crippen molar-refractivity contribution in [3.63, 3.8) is 0 Å². The van der Waals surface area contributed by atoms with Crippen LogP contribution in [0.5, 0.6) is 0 Å². The van der Waals surface area contributed by atoms with Crippen LogP contribution in [-0.2, 0) is 16.0 Å². The minimum absolute atomic E-state index is 0.115. The van der Waals surface area contributed by atoms with E-state index in [1.54, 1.807) is 0 Å². The molecule has 2 unspecified atom stereocenters. The number of carbonyl (C=O) groups is 1. The standard InChI is InChI=1S/C24H41N5O2/c1-5-25-24(27-18-22(31-6-2)13-14-28(3)4)26-17-21-16-23(30)29(19-21)15-12-20-10-8-7-9-11-20/h7-11,21-22H,5-6,12-19H2,1-4H3,(H2,25,26,27). The maximum absolute atomic E-state index is 12.4. The molecule has 0 aliphatic carbocycles. The van der Waals surface area contributed by atoms with Gasteiger partial charge in [-0.25, -0.2) is 0 Å². The Morgan fingerprint density at radius 3 is 2.71 bits per heavy atom. The summed E-state index contributed by atoms with van der Waals surface area (Å²) in [6, 6.07) is 10.4. The Morgan fingerprint density at radius 1 is 1.26 bits per heavy atom. The SMILES string of the molecule is CCNC(=NCC(CCN(C)C)OCC)NCC1CC(=O)N(CCc2ccccc2)C1. The van der Waals surface area contributed by atoms with Gasteiger partial charge in [-0.1, -0.05) is 30.3 Å². The number of benzene rings is 1. The molecule has 0 spiro atoms. The van der Waals surface area contributed by atoms with E-state index in [1.807, 2.05) is 30.0 Å². The van der Waals surface area contributed by atoms with E-state index in [1.165, 1.54) is 5.56 Å². The molecule has 2 atom stereocenters. The zero-order valence-corrected chi connectivity index (χ0v) is 19.8. The van der Waals surface area contributed by atoms with Crippen LogP contribution in [0.2, 0.25) is 0 Å². The number of nitrogens with one attached hydrogen (secondary N) is 2. The van der Waals surface area contributed by atoms with Gasteiger partial charge in [0.1, 0.15) is 0 Å². The van der Waals surface area contributed by atoms with Gasteiger partial charge >= 0.3 is 0 Å². The second-order valence-electron chi connectivity index (χ2n) is 8.42. The van der Waals surface area contributed by atoms with Crippen molar-refractivity contribution in [1.82, 2.24) is 20.4 Å². The maximum atomic E-state index is 12.4. The topological polar surface area (TPSA) is 69.2 Å². The van der Waals surface area contributed by atoms with Crippen LogP contribution in [0.4, 0.5) is 0 Å². The third-order valence-electron chi connectivity index (χ3n) is 5.46. The first kappa shape index (κ1) is 25.1. The van der Waals surface area contributed by atoms with Crippen molar-refractivity contribution in [2.24, 2.45) is 10.9 Å². The van der Waals surface area contributed by atoms with Crippen LogP contribution < -0.4 is 10.6 Å². The number of nitrogens with zero attached hydrogens (tertiary/aromatic N) is 3. The zero-order valence-electron chi connectivity index (χ0n) is 19.8. The monoisotopic (exact) mass is 431 g/mol. The van der Waals surface area contributed by atoms with Crippen molar-refractivity contribution in [3.8, 4) is 0 Å². The average molecular weight is 432 g/mol. The molecule has 1 heterocycles. The third kappa shape index (κ3) is 9.70. The molecule has 1 saturated heterocycles. The number of likely N-dealkylation sites (tertiary alicyclic amines) is 1. The zero-order chi connectivity index (χ0) is 22.5. The molecule has 1 aliphatic rings. The summed E-state index contributed by atoms with van der Waals surface area (Å²) in [6.07, 6.45) is 2.58. The van der Waals surface area contributed by atoms with Gasteiger partial charge in [0.2, 0.25) is 5.91 Å². The average Bonchev–Trinajstić information content (AvgIpc) is 3.12. The van der Waals surface area contributed by atoms with Gasteiger partial charge in [-0.3, -0.25) is 9.79 Å². The Bertz CT molecular complexity index is 665. The number of aliphatic imine (C=N–C) groups is 1. The number of hydrogen-bond donors (Lipinski definition) is 2. The Labute approximate surface area is 188 Å². The fourth-order valence-electron chi connectivity index (χ4n) is 3.76. The Balaban J connectivity index is 1.80.